The largest absolute Gasteiger partial charge is 0.384 e. The Bertz CT molecular complexity index is 908. The average Bonchev–Trinajstić information content (AvgIpc) is 2.67. The van der Waals surface area contributed by atoms with E-state index in [1.165, 1.54) is 0 Å². The molecular weight excluding hydrogens is 336 g/mol. The molecule has 3 N–H and O–H groups in total. The fourth-order valence-electron chi connectivity index (χ4n) is 2.59. The molecule has 0 saturated heterocycles. The molecular formula is C22H26N4O. The van der Waals surface area contributed by atoms with Crippen molar-refractivity contribution >= 4 is 17.4 Å². The van der Waals surface area contributed by atoms with E-state index in [-0.39, 0.29) is 11.7 Å². The normalized spacial score (nSPS) is 9.93. The first kappa shape index (κ1) is 20.1. The summed E-state index contributed by atoms with van der Waals surface area (Å²) in [5.41, 5.74) is 9.71. The van der Waals surface area contributed by atoms with Crippen molar-refractivity contribution < 1.29 is 4.79 Å². The number of anilines is 1. The van der Waals surface area contributed by atoms with E-state index >= 15 is 0 Å². The van der Waals surface area contributed by atoms with Crippen LogP contribution in [0.25, 0.3) is 0 Å². The predicted octanol–water partition coefficient (Wildman–Crippen LogP) is 2.86. The molecule has 0 spiro atoms. The van der Waals surface area contributed by atoms with E-state index in [0.29, 0.717) is 24.2 Å². The highest BCUT2D eigenvalue weighted by Gasteiger charge is 2.12. The van der Waals surface area contributed by atoms with Gasteiger partial charge in [-0.3, -0.25) is 10.2 Å². The standard InChI is InChI=1S/C22H26N4O/c1-5-25(3)22(27)20-12-11-17(14-16(20)2)8-7-13-26(4)19-10-6-9-18(15-19)21(23)24/h6,9-12,14-15H,5,13H2,1-4H3,(H3,23,24). The highest BCUT2D eigenvalue weighted by atomic mass is 16.2. The summed E-state index contributed by atoms with van der Waals surface area (Å²) in [7, 11) is 3.74. The van der Waals surface area contributed by atoms with Gasteiger partial charge in [-0.1, -0.05) is 24.0 Å². The Hall–Kier alpha value is -3.26. The molecule has 2 rings (SSSR count). The minimum absolute atomic E-state index is 0.0274. The number of benzene rings is 2. The second kappa shape index (κ2) is 8.91. The number of hydrogen-bond acceptors (Lipinski definition) is 3. The first-order chi connectivity index (χ1) is 12.8. The van der Waals surface area contributed by atoms with Crippen LogP contribution in [0.3, 0.4) is 0 Å². The molecule has 0 bridgehead atoms. The van der Waals surface area contributed by atoms with E-state index in [9.17, 15) is 4.79 Å². The van der Waals surface area contributed by atoms with Gasteiger partial charge in [-0.2, -0.15) is 0 Å². The van der Waals surface area contributed by atoms with Gasteiger partial charge in [0.2, 0.25) is 0 Å². The van der Waals surface area contributed by atoms with Crippen molar-refractivity contribution in [2.24, 2.45) is 5.73 Å². The van der Waals surface area contributed by atoms with Crippen molar-refractivity contribution in [3.8, 4) is 11.8 Å². The van der Waals surface area contributed by atoms with E-state index in [0.717, 1.165) is 16.8 Å². The third-order valence-electron chi connectivity index (χ3n) is 4.42. The number of amides is 1. The summed E-state index contributed by atoms with van der Waals surface area (Å²) in [4.78, 5) is 16.0. The fraction of sp³-hybridized carbons (Fsp3) is 0.273. The first-order valence-corrected chi connectivity index (χ1v) is 8.84. The Morgan fingerprint density at radius 1 is 1.19 bits per heavy atom. The zero-order chi connectivity index (χ0) is 20.0. The fourth-order valence-corrected chi connectivity index (χ4v) is 2.59. The van der Waals surface area contributed by atoms with Crippen LogP contribution in [0.4, 0.5) is 5.69 Å². The summed E-state index contributed by atoms with van der Waals surface area (Å²) >= 11 is 0. The molecule has 0 unspecified atom stereocenters. The lowest BCUT2D eigenvalue weighted by Crippen LogP contribution is -2.26. The molecule has 5 nitrogen and oxygen atoms in total. The molecule has 0 aliphatic rings. The molecule has 0 aromatic heterocycles. The molecule has 2 aromatic carbocycles. The van der Waals surface area contributed by atoms with Crippen LogP contribution < -0.4 is 10.6 Å². The highest BCUT2D eigenvalue weighted by molar-refractivity contribution is 5.96. The third kappa shape index (κ3) is 5.11. The smallest absolute Gasteiger partial charge is 0.253 e. The quantitative estimate of drug-likeness (QED) is 0.488. The number of rotatable bonds is 5. The number of nitrogen functional groups attached to an aromatic ring is 1. The zero-order valence-corrected chi connectivity index (χ0v) is 16.3. The van der Waals surface area contributed by atoms with Crippen molar-refractivity contribution in [2.45, 2.75) is 13.8 Å². The monoisotopic (exact) mass is 362 g/mol. The molecule has 2 aromatic rings. The van der Waals surface area contributed by atoms with E-state index in [2.05, 4.69) is 11.8 Å². The van der Waals surface area contributed by atoms with Gasteiger partial charge >= 0.3 is 0 Å². The lowest BCUT2D eigenvalue weighted by Gasteiger charge is -2.17. The lowest BCUT2D eigenvalue weighted by molar-refractivity contribution is 0.0801. The van der Waals surface area contributed by atoms with Gasteiger partial charge < -0.3 is 15.5 Å². The van der Waals surface area contributed by atoms with Crippen LogP contribution in [0.5, 0.6) is 0 Å². The van der Waals surface area contributed by atoms with Crippen LogP contribution in [0.1, 0.15) is 34.0 Å². The molecule has 0 atom stereocenters. The predicted molar refractivity (Wildman–Crippen MR) is 111 cm³/mol. The number of nitrogens with zero attached hydrogens (tertiary/aromatic N) is 2. The minimum Gasteiger partial charge on any atom is -0.384 e. The molecule has 0 saturated carbocycles. The lowest BCUT2D eigenvalue weighted by atomic mass is 10.0. The Kier molecular flexibility index (Phi) is 6.62. The van der Waals surface area contributed by atoms with Gasteiger partial charge in [-0.05, 0) is 49.7 Å². The van der Waals surface area contributed by atoms with Crippen molar-refractivity contribution in [2.75, 3.05) is 32.1 Å². The Morgan fingerprint density at radius 2 is 1.93 bits per heavy atom. The van der Waals surface area contributed by atoms with Gasteiger partial charge in [-0.25, -0.2) is 0 Å². The summed E-state index contributed by atoms with van der Waals surface area (Å²) in [6.07, 6.45) is 0. The van der Waals surface area contributed by atoms with Crippen molar-refractivity contribution in [1.82, 2.24) is 4.90 Å². The van der Waals surface area contributed by atoms with Gasteiger partial charge in [0.1, 0.15) is 5.84 Å². The van der Waals surface area contributed by atoms with Crippen LogP contribution in [-0.4, -0.2) is 43.8 Å². The number of nitrogens with one attached hydrogen (secondary N) is 1. The van der Waals surface area contributed by atoms with E-state index in [1.807, 2.05) is 68.3 Å². The van der Waals surface area contributed by atoms with Crippen molar-refractivity contribution in [3.63, 3.8) is 0 Å². The van der Waals surface area contributed by atoms with Gasteiger partial charge in [0.05, 0.1) is 6.54 Å². The van der Waals surface area contributed by atoms with Gasteiger partial charge in [-0.15, -0.1) is 0 Å². The molecule has 0 aliphatic carbocycles. The highest BCUT2D eigenvalue weighted by Crippen LogP contribution is 2.15. The van der Waals surface area contributed by atoms with Crippen LogP contribution in [-0.2, 0) is 0 Å². The van der Waals surface area contributed by atoms with E-state index < -0.39 is 0 Å². The average molecular weight is 362 g/mol. The maximum Gasteiger partial charge on any atom is 0.253 e. The Morgan fingerprint density at radius 3 is 2.56 bits per heavy atom. The Balaban J connectivity index is 2.09. The number of nitrogens with two attached hydrogens (primary N) is 1. The SMILES string of the molecule is CCN(C)C(=O)c1ccc(C#CCN(C)c2cccc(C(=N)N)c2)cc1C. The molecule has 0 aliphatic heterocycles. The number of aryl methyl sites for hydroxylation is 1. The molecule has 140 valence electrons. The van der Waals surface area contributed by atoms with Crippen LogP contribution in [0.15, 0.2) is 42.5 Å². The van der Waals surface area contributed by atoms with Crippen LogP contribution in [0.2, 0.25) is 0 Å². The third-order valence-corrected chi connectivity index (χ3v) is 4.42. The molecule has 1 amide bonds. The minimum atomic E-state index is 0.0274. The maximum absolute atomic E-state index is 12.3. The van der Waals surface area contributed by atoms with Crippen molar-refractivity contribution in [1.29, 1.82) is 5.41 Å². The summed E-state index contributed by atoms with van der Waals surface area (Å²) in [5.74, 6) is 6.38. The number of carbonyl (C=O) groups is 1. The Labute approximate surface area is 161 Å². The molecule has 5 heteroatoms. The van der Waals surface area contributed by atoms with Gasteiger partial charge in [0, 0.05) is 43.0 Å². The molecule has 0 heterocycles. The molecule has 27 heavy (non-hydrogen) atoms. The number of carbonyl (C=O) groups excluding carboxylic acids is 1. The number of amidine groups is 1. The summed E-state index contributed by atoms with van der Waals surface area (Å²) < 4.78 is 0. The topological polar surface area (TPSA) is 73.4 Å². The van der Waals surface area contributed by atoms with Crippen molar-refractivity contribution in [3.05, 3.63) is 64.7 Å². The maximum atomic E-state index is 12.3. The van der Waals surface area contributed by atoms with Gasteiger partial charge in [0.25, 0.3) is 5.91 Å². The first-order valence-electron chi connectivity index (χ1n) is 8.84. The van der Waals surface area contributed by atoms with Gasteiger partial charge in [0.15, 0.2) is 0 Å². The number of hydrogen-bond donors (Lipinski definition) is 2. The summed E-state index contributed by atoms with van der Waals surface area (Å²) in [5, 5.41) is 7.53. The second-order valence-electron chi connectivity index (χ2n) is 6.47. The van der Waals surface area contributed by atoms with Crippen LogP contribution in [0, 0.1) is 24.2 Å². The summed E-state index contributed by atoms with van der Waals surface area (Å²) in [6, 6.07) is 13.2. The van der Waals surface area contributed by atoms with E-state index in [4.69, 9.17) is 11.1 Å². The zero-order valence-electron chi connectivity index (χ0n) is 16.3. The van der Waals surface area contributed by atoms with E-state index in [1.54, 1.807) is 11.9 Å². The molecule has 0 fully saturated rings. The second-order valence-corrected chi connectivity index (χ2v) is 6.47. The van der Waals surface area contributed by atoms with Crippen LogP contribution >= 0.6 is 0 Å². The molecule has 0 radical (unpaired) electrons. The summed E-state index contributed by atoms with van der Waals surface area (Å²) in [6.45, 7) is 5.10.